The van der Waals surface area contributed by atoms with Gasteiger partial charge in [0, 0.05) is 0 Å². The number of aliphatic hydroxyl groups is 6. The molecule has 2 aliphatic heterocycles. The van der Waals surface area contributed by atoms with Gasteiger partial charge in [0.15, 0.2) is 17.5 Å². The van der Waals surface area contributed by atoms with E-state index in [4.69, 9.17) is 15.2 Å². The number of imidazole rings is 1. The highest BCUT2D eigenvalue weighted by atomic mass is 31.2. The molecule has 0 aliphatic carbocycles. The minimum atomic E-state index is -5.68. The van der Waals surface area contributed by atoms with Crippen LogP contribution in [0.1, 0.15) is 22.4 Å². The number of aromatic nitrogens is 2. The molecule has 2 saturated heterocycles. The van der Waals surface area contributed by atoms with Gasteiger partial charge in [-0.1, -0.05) is 5.16 Å². The summed E-state index contributed by atoms with van der Waals surface area (Å²) in [4.78, 5) is 48.8. The van der Waals surface area contributed by atoms with Gasteiger partial charge in [0.25, 0.3) is 0 Å². The van der Waals surface area contributed by atoms with Crippen LogP contribution in [-0.4, -0.2) is 128 Å². The maximum atomic E-state index is 13.2. The first kappa shape index (κ1) is 29.5. The Morgan fingerprint density at radius 3 is 2.11 bits per heavy atom. The van der Waals surface area contributed by atoms with Crippen LogP contribution < -0.4 is 11.2 Å². The van der Waals surface area contributed by atoms with Crippen LogP contribution in [0.4, 0.5) is 0 Å². The molecule has 3 unspecified atom stereocenters. The molecule has 3 heterocycles. The van der Waals surface area contributed by atoms with Gasteiger partial charge in [-0.2, -0.15) is 0 Å². The summed E-state index contributed by atoms with van der Waals surface area (Å²) in [7, 11) is -10.8. The molecular formula is C15H25N5O15P2. The molecule has 3 rings (SSSR count). The number of nitrogens with one attached hydrogen (secondary N) is 1. The van der Waals surface area contributed by atoms with Crippen molar-refractivity contribution < 1.29 is 73.3 Å². The van der Waals surface area contributed by atoms with E-state index in [0.29, 0.717) is 6.34 Å². The molecule has 37 heavy (non-hydrogen) atoms. The minimum Gasteiger partial charge on any atom is -0.394 e. The van der Waals surface area contributed by atoms with Gasteiger partial charge in [0.1, 0.15) is 49.1 Å². The Morgan fingerprint density at radius 1 is 1.05 bits per heavy atom. The number of rotatable bonds is 9. The molecular weight excluding hydrogens is 552 g/mol. The molecule has 9 atom stereocenters. The summed E-state index contributed by atoms with van der Waals surface area (Å²) in [6.45, 7) is -1.70. The lowest BCUT2D eigenvalue weighted by Gasteiger charge is -2.29. The van der Waals surface area contributed by atoms with E-state index >= 15 is 0 Å². The van der Waals surface area contributed by atoms with Gasteiger partial charge in [-0.15, -0.1) is 0 Å². The number of amides is 1. The molecule has 1 amide bonds. The molecule has 0 bridgehead atoms. The third-order valence-corrected chi connectivity index (χ3v) is 7.64. The van der Waals surface area contributed by atoms with Crippen LogP contribution in [0, 0.1) is 0 Å². The Hall–Kier alpha value is -2.03. The van der Waals surface area contributed by atoms with Crippen LogP contribution >= 0.6 is 15.3 Å². The summed E-state index contributed by atoms with van der Waals surface area (Å²) in [5.41, 5.74) is 3.25. The van der Waals surface area contributed by atoms with Crippen molar-refractivity contribution in [1.82, 2.24) is 14.6 Å². The molecule has 210 valence electrons. The maximum Gasteiger partial charge on any atom is 0.448 e. The average Bonchev–Trinajstić information content (AvgIpc) is 3.48. The number of ether oxygens (including phenoxy) is 2. The van der Waals surface area contributed by atoms with Crippen molar-refractivity contribution in [3.05, 3.63) is 11.5 Å². The SMILES string of the molecule is N/C=N/OP(=O)(O)c1nc(C(=O)N(C2O[C@H](CO)[C@@H](O)[C@H]2O)P(=O)(O)O)[nH]c1C1O[C@H](CO)[C@@H](O)[C@H]1O. The van der Waals surface area contributed by atoms with Crippen molar-refractivity contribution in [1.29, 1.82) is 0 Å². The second-order valence-corrected chi connectivity index (χ2v) is 10.9. The molecule has 0 saturated carbocycles. The second kappa shape index (κ2) is 11.0. The van der Waals surface area contributed by atoms with Crippen molar-refractivity contribution in [2.45, 2.75) is 49.0 Å². The predicted molar refractivity (Wildman–Crippen MR) is 114 cm³/mol. The minimum absolute atomic E-state index is 0.332. The van der Waals surface area contributed by atoms with E-state index in [-0.39, 0.29) is 4.67 Å². The number of H-pyrrole nitrogens is 1. The Kier molecular flexibility index (Phi) is 8.77. The lowest BCUT2D eigenvalue weighted by atomic mass is 10.1. The first-order valence-corrected chi connectivity index (χ1v) is 13.3. The van der Waals surface area contributed by atoms with E-state index in [1.807, 2.05) is 0 Å². The molecule has 0 radical (unpaired) electrons. The molecule has 0 spiro atoms. The summed E-state index contributed by atoms with van der Waals surface area (Å²) in [6, 6.07) is 0. The van der Waals surface area contributed by atoms with Crippen LogP contribution in [0.2, 0.25) is 0 Å². The Morgan fingerprint density at radius 2 is 1.62 bits per heavy atom. The topological polar surface area (TPSA) is 331 Å². The van der Waals surface area contributed by atoms with Crippen LogP contribution in [0.5, 0.6) is 0 Å². The zero-order chi connectivity index (χ0) is 27.9. The second-order valence-electron chi connectivity index (χ2n) is 7.83. The number of oxime groups is 1. The summed E-state index contributed by atoms with van der Waals surface area (Å²) in [5, 5.41) is 62.0. The summed E-state index contributed by atoms with van der Waals surface area (Å²) in [6.07, 6.45) is -14.0. The molecule has 2 aliphatic rings. The number of aromatic amines is 1. The third kappa shape index (κ3) is 5.57. The van der Waals surface area contributed by atoms with E-state index in [9.17, 15) is 59.2 Å². The number of nitrogens with two attached hydrogens (primary N) is 1. The number of hydrogen-bond donors (Lipinski definition) is 11. The molecule has 22 heteroatoms. The average molecular weight is 577 g/mol. The highest BCUT2D eigenvalue weighted by Crippen LogP contribution is 2.47. The van der Waals surface area contributed by atoms with Gasteiger partial charge in [0.05, 0.1) is 18.9 Å². The monoisotopic (exact) mass is 577 g/mol. The molecule has 2 fully saturated rings. The van der Waals surface area contributed by atoms with E-state index in [1.165, 1.54) is 0 Å². The summed E-state index contributed by atoms with van der Waals surface area (Å²) >= 11 is 0. The number of nitrogens with zero attached hydrogens (tertiary/aromatic N) is 3. The van der Waals surface area contributed by atoms with Crippen molar-refractivity contribution >= 4 is 33.0 Å². The summed E-state index contributed by atoms with van der Waals surface area (Å²) in [5.74, 6) is -2.83. The lowest BCUT2D eigenvalue weighted by Crippen LogP contribution is -2.45. The van der Waals surface area contributed by atoms with Crippen LogP contribution in [0.25, 0.3) is 0 Å². The van der Waals surface area contributed by atoms with Crippen molar-refractivity contribution in [2.75, 3.05) is 13.2 Å². The first-order chi connectivity index (χ1) is 17.2. The fourth-order valence-corrected chi connectivity index (χ4v) is 5.53. The van der Waals surface area contributed by atoms with E-state index in [0.717, 1.165) is 0 Å². The lowest BCUT2D eigenvalue weighted by molar-refractivity contribution is -0.0644. The zero-order valence-electron chi connectivity index (χ0n) is 18.4. The largest absolute Gasteiger partial charge is 0.448 e. The number of hydrogen-bond acceptors (Lipinski definition) is 14. The smallest absolute Gasteiger partial charge is 0.394 e. The first-order valence-electron chi connectivity index (χ1n) is 10.2. The van der Waals surface area contributed by atoms with Crippen molar-refractivity contribution in [3.8, 4) is 0 Å². The van der Waals surface area contributed by atoms with Gasteiger partial charge in [-0.05, 0) is 0 Å². The number of carbonyl (C=O) groups is 1. The fraction of sp³-hybridized carbons (Fsp3) is 0.667. The molecule has 1 aromatic heterocycles. The van der Waals surface area contributed by atoms with Gasteiger partial charge < -0.3 is 70.1 Å². The van der Waals surface area contributed by atoms with Gasteiger partial charge in [0.2, 0.25) is 0 Å². The molecule has 0 aromatic carbocycles. The predicted octanol–water partition coefficient (Wildman–Crippen LogP) is -5.73. The van der Waals surface area contributed by atoms with E-state index in [2.05, 4.69) is 19.7 Å². The highest BCUT2D eigenvalue weighted by Gasteiger charge is 2.53. The number of carbonyl (C=O) groups excluding carboxylic acids is 1. The third-order valence-electron chi connectivity index (χ3n) is 5.47. The van der Waals surface area contributed by atoms with Gasteiger partial charge >= 0.3 is 21.2 Å². The molecule has 1 aromatic rings. The maximum absolute atomic E-state index is 13.2. The van der Waals surface area contributed by atoms with Crippen LogP contribution in [-0.2, 0) is 23.2 Å². The fourth-order valence-electron chi connectivity index (χ4n) is 3.73. The zero-order valence-corrected chi connectivity index (χ0v) is 20.2. The molecule has 20 nitrogen and oxygen atoms in total. The van der Waals surface area contributed by atoms with Crippen molar-refractivity contribution in [3.63, 3.8) is 0 Å². The van der Waals surface area contributed by atoms with Gasteiger partial charge in [-0.3, -0.25) is 4.79 Å². The van der Waals surface area contributed by atoms with E-state index in [1.54, 1.807) is 0 Å². The van der Waals surface area contributed by atoms with E-state index < -0.39 is 100 Å². The Labute approximate surface area is 206 Å². The quantitative estimate of drug-likeness (QED) is 0.0563. The summed E-state index contributed by atoms with van der Waals surface area (Å²) < 4.78 is 39.3. The Bertz CT molecular complexity index is 1110. The van der Waals surface area contributed by atoms with Crippen LogP contribution in [0.3, 0.4) is 0 Å². The van der Waals surface area contributed by atoms with Crippen molar-refractivity contribution in [2.24, 2.45) is 10.9 Å². The normalized spacial score (nSPS) is 34.1. The van der Waals surface area contributed by atoms with Crippen LogP contribution in [0.15, 0.2) is 5.16 Å². The standard InChI is InChI=1S/C15H25N5O15P2/c16-3-17-35-36(28,29)13-6(11-9(25)7(23)4(1-21)33-11)18-12(19-13)14(27)20(37(30,31)32)15-10(26)8(24)5(2-22)34-15/h3-5,7-11,15,21-26H,1-2H2,(H2,16,17)(H,18,19)(H,28,29)(H2,30,31,32)/t4-,5-,7-,8-,9-,10-,11?,15?/m1/s1. The van der Waals surface area contributed by atoms with Gasteiger partial charge in [-0.25, -0.2) is 18.8 Å². The highest BCUT2D eigenvalue weighted by molar-refractivity contribution is 7.61. The molecule has 12 N–H and O–H groups in total. The number of aliphatic hydroxyl groups excluding tert-OH is 6. The Balaban J connectivity index is 2.11.